The molecule has 0 aromatic heterocycles. The largest absolute Gasteiger partial charge is 0.482 e. The molecule has 1 aliphatic rings. The summed E-state index contributed by atoms with van der Waals surface area (Å²) in [5.41, 5.74) is 0.933. The van der Waals surface area contributed by atoms with Crippen molar-refractivity contribution in [2.24, 2.45) is 0 Å². The van der Waals surface area contributed by atoms with Crippen LogP contribution in [0.5, 0.6) is 5.75 Å². The fraction of sp³-hybridized carbons (Fsp3) is 0.533. The molecule has 1 heterocycles. The van der Waals surface area contributed by atoms with Gasteiger partial charge in [0.15, 0.2) is 6.61 Å². The standard InChI is InChI=1S/C15H21ClN2O3/c1-17(2)13-5-6-18(9-13)8-11-7-12(16)3-4-14(11)21-10-15(19)20/h3-4,7,13H,5-6,8-10H2,1-2H3,(H,19,20)/t13-/m1/s1. The maximum absolute atomic E-state index is 10.6. The van der Waals surface area contributed by atoms with E-state index in [0.29, 0.717) is 16.8 Å². The molecule has 116 valence electrons. The zero-order valence-corrected chi connectivity index (χ0v) is 13.1. The normalized spacial score (nSPS) is 19.1. The number of carbonyl (C=O) groups is 1. The van der Waals surface area contributed by atoms with Gasteiger partial charge in [-0.15, -0.1) is 0 Å². The predicted octanol–water partition coefficient (Wildman–Crippen LogP) is 1.94. The van der Waals surface area contributed by atoms with Crippen LogP contribution in [0.15, 0.2) is 18.2 Å². The SMILES string of the molecule is CN(C)[C@@H]1CCN(Cc2cc(Cl)ccc2OCC(=O)O)C1. The van der Waals surface area contributed by atoms with Gasteiger partial charge in [0.05, 0.1) is 0 Å². The third kappa shape index (κ3) is 4.59. The number of benzene rings is 1. The Labute approximate surface area is 130 Å². The number of likely N-dealkylation sites (tertiary alicyclic amines) is 1. The quantitative estimate of drug-likeness (QED) is 0.870. The number of nitrogens with zero attached hydrogens (tertiary/aromatic N) is 2. The zero-order valence-electron chi connectivity index (χ0n) is 12.4. The van der Waals surface area contributed by atoms with Crippen LogP contribution in [0.2, 0.25) is 5.02 Å². The average molecular weight is 313 g/mol. The lowest BCUT2D eigenvalue weighted by Gasteiger charge is -2.21. The maximum Gasteiger partial charge on any atom is 0.341 e. The monoisotopic (exact) mass is 312 g/mol. The first-order chi connectivity index (χ1) is 9.95. The molecule has 0 unspecified atom stereocenters. The molecule has 5 nitrogen and oxygen atoms in total. The molecule has 2 rings (SSSR count). The highest BCUT2D eigenvalue weighted by atomic mass is 35.5. The summed E-state index contributed by atoms with van der Waals surface area (Å²) in [5.74, 6) is -0.389. The van der Waals surface area contributed by atoms with Crippen LogP contribution in [0.3, 0.4) is 0 Å². The molecule has 0 spiro atoms. The minimum Gasteiger partial charge on any atom is -0.482 e. The van der Waals surface area contributed by atoms with Crippen molar-refractivity contribution in [3.8, 4) is 5.75 Å². The van der Waals surface area contributed by atoms with Gasteiger partial charge in [-0.3, -0.25) is 4.90 Å². The second kappa shape index (κ2) is 7.11. The Morgan fingerprint density at radius 2 is 2.29 bits per heavy atom. The van der Waals surface area contributed by atoms with E-state index in [4.69, 9.17) is 21.4 Å². The number of rotatable bonds is 6. The second-order valence-electron chi connectivity index (χ2n) is 5.58. The second-order valence-corrected chi connectivity index (χ2v) is 6.01. The highest BCUT2D eigenvalue weighted by molar-refractivity contribution is 6.30. The van der Waals surface area contributed by atoms with Crippen molar-refractivity contribution in [1.82, 2.24) is 9.80 Å². The summed E-state index contributed by atoms with van der Waals surface area (Å²) in [5, 5.41) is 9.37. The van der Waals surface area contributed by atoms with E-state index in [9.17, 15) is 4.79 Å². The lowest BCUT2D eigenvalue weighted by atomic mass is 10.2. The Hall–Kier alpha value is -1.30. The maximum atomic E-state index is 10.6. The van der Waals surface area contributed by atoms with Crippen molar-refractivity contribution in [1.29, 1.82) is 0 Å². The molecule has 0 amide bonds. The van der Waals surface area contributed by atoms with Crippen LogP contribution < -0.4 is 4.74 Å². The number of hydrogen-bond donors (Lipinski definition) is 1. The van der Waals surface area contributed by atoms with Crippen molar-refractivity contribution < 1.29 is 14.6 Å². The molecule has 1 aliphatic heterocycles. The molecule has 0 aliphatic carbocycles. The summed E-state index contributed by atoms with van der Waals surface area (Å²) >= 11 is 6.05. The molecule has 0 bridgehead atoms. The Morgan fingerprint density at radius 3 is 2.90 bits per heavy atom. The van der Waals surface area contributed by atoms with Crippen molar-refractivity contribution in [2.45, 2.75) is 19.0 Å². The van der Waals surface area contributed by atoms with Crippen LogP contribution in [0.25, 0.3) is 0 Å². The smallest absolute Gasteiger partial charge is 0.341 e. The molecular weight excluding hydrogens is 292 g/mol. The zero-order chi connectivity index (χ0) is 15.4. The van der Waals surface area contributed by atoms with Gasteiger partial charge >= 0.3 is 5.97 Å². The highest BCUT2D eigenvalue weighted by Crippen LogP contribution is 2.26. The van der Waals surface area contributed by atoms with E-state index in [0.717, 1.165) is 31.6 Å². The lowest BCUT2D eigenvalue weighted by Crippen LogP contribution is -2.31. The molecule has 1 atom stereocenters. The lowest BCUT2D eigenvalue weighted by molar-refractivity contribution is -0.139. The van der Waals surface area contributed by atoms with Crippen LogP contribution in [0.1, 0.15) is 12.0 Å². The van der Waals surface area contributed by atoms with Crippen molar-refractivity contribution in [3.63, 3.8) is 0 Å². The number of carboxylic acids is 1. The van der Waals surface area contributed by atoms with Gasteiger partial charge in [0.2, 0.25) is 0 Å². The van der Waals surface area contributed by atoms with E-state index in [-0.39, 0.29) is 6.61 Å². The first kappa shape index (κ1) is 16.1. The van der Waals surface area contributed by atoms with Crippen LogP contribution in [-0.4, -0.2) is 60.7 Å². The van der Waals surface area contributed by atoms with Gasteiger partial charge in [-0.1, -0.05) is 11.6 Å². The van der Waals surface area contributed by atoms with Crippen molar-refractivity contribution >= 4 is 17.6 Å². The minimum atomic E-state index is -0.982. The van der Waals surface area contributed by atoms with Crippen LogP contribution >= 0.6 is 11.6 Å². The summed E-state index contributed by atoms with van der Waals surface area (Å²) in [7, 11) is 4.18. The van der Waals surface area contributed by atoms with Crippen molar-refractivity contribution in [2.75, 3.05) is 33.8 Å². The molecule has 6 heteroatoms. The highest BCUT2D eigenvalue weighted by Gasteiger charge is 2.24. The van der Waals surface area contributed by atoms with E-state index in [1.165, 1.54) is 0 Å². The van der Waals surface area contributed by atoms with Gasteiger partial charge in [-0.2, -0.15) is 0 Å². The average Bonchev–Trinajstić information content (AvgIpc) is 2.86. The Balaban J connectivity index is 2.04. The van der Waals surface area contributed by atoms with E-state index in [1.807, 2.05) is 6.07 Å². The number of likely N-dealkylation sites (N-methyl/N-ethyl adjacent to an activating group) is 1. The number of ether oxygens (including phenoxy) is 1. The predicted molar refractivity (Wildman–Crippen MR) is 82.0 cm³/mol. The Kier molecular flexibility index (Phi) is 5.45. The van der Waals surface area contributed by atoms with Gasteiger partial charge < -0.3 is 14.7 Å². The van der Waals surface area contributed by atoms with Crippen molar-refractivity contribution in [3.05, 3.63) is 28.8 Å². The molecule has 1 aromatic carbocycles. The molecular formula is C15H21ClN2O3. The third-order valence-corrected chi connectivity index (χ3v) is 3.98. The molecule has 0 radical (unpaired) electrons. The summed E-state index contributed by atoms with van der Waals surface area (Å²) < 4.78 is 5.34. The van der Waals surface area contributed by atoms with E-state index < -0.39 is 5.97 Å². The van der Waals surface area contributed by atoms with Gasteiger partial charge in [0.25, 0.3) is 0 Å². The van der Waals surface area contributed by atoms with Crippen LogP contribution in [-0.2, 0) is 11.3 Å². The summed E-state index contributed by atoms with van der Waals surface area (Å²) in [6, 6.07) is 5.86. The van der Waals surface area contributed by atoms with E-state index in [2.05, 4.69) is 23.9 Å². The van der Waals surface area contributed by atoms with Gasteiger partial charge in [0.1, 0.15) is 5.75 Å². The fourth-order valence-corrected chi connectivity index (χ4v) is 2.76. The fourth-order valence-electron chi connectivity index (χ4n) is 2.57. The van der Waals surface area contributed by atoms with Crippen LogP contribution in [0, 0.1) is 0 Å². The van der Waals surface area contributed by atoms with Crippen LogP contribution in [0.4, 0.5) is 0 Å². The first-order valence-electron chi connectivity index (χ1n) is 6.97. The number of aliphatic carboxylic acids is 1. The van der Waals surface area contributed by atoms with Gasteiger partial charge in [-0.25, -0.2) is 4.79 Å². The number of halogens is 1. The molecule has 1 saturated heterocycles. The molecule has 1 N–H and O–H groups in total. The minimum absolute atomic E-state index is 0.338. The van der Waals surface area contributed by atoms with Gasteiger partial charge in [-0.05, 0) is 38.7 Å². The molecule has 1 fully saturated rings. The molecule has 21 heavy (non-hydrogen) atoms. The summed E-state index contributed by atoms with van der Waals surface area (Å²) in [6.45, 7) is 2.40. The third-order valence-electron chi connectivity index (χ3n) is 3.75. The molecule has 1 aromatic rings. The summed E-state index contributed by atoms with van der Waals surface area (Å²) in [4.78, 5) is 15.2. The topological polar surface area (TPSA) is 53.0 Å². The Morgan fingerprint density at radius 1 is 1.52 bits per heavy atom. The molecule has 0 saturated carbocycles. The van der Waals surface area contributed by atoms with Gasteiger partial charge in [0, 0.05) is 36.3 Å². The number of carboxylic acid groups (broad SMARTS) is 1. The number of hydrogen-bond acceptors (Lipinski definition) is 4. The van der Waals surface area contributed by atoms with E-state index >= 15 is 0 Å². The van der Waals surface area contributed by atoms with E-state index in [1.54, 1.807) is 12.1 Å². The Bertz CT molecular complexity index is 508. The first-order valence-corrected chi connectivity index (χ1v) is 7.35. The summed E-state index contributed by atoms with van der Waals surface area (Å²) in [6.07, 6.45) is 1.14.